The van der Waals surface area contributed by atoms with Gasteiger partial charge < -0.3 is 15.0 Å². The van der Waals surface area contributed by atoms with Crippen molar-refractivity contribution in [3.8, 4) is 0 Å². The highest BCUT2D eigenvalue weighted by Gasteiger charge is 2.28. The van der Waals surface area contributed by atoms with Crippen LogP contribution >= 0.6 is 0 Å². The minimum Gasteiger partial charge on any atom is -0.456 e. The molecule has 4 nitrogen and oxygen atoms in total. The molecule has 4 heteroatoms. The second kappa shape index (κ2) is 9.20. The van der Waals surface area contributed by atoms with Gasteiger partial charge in [-0.3, -0.25) is 0 Å². The van der Waals surface area contributed by atoms with Crippen molar-refractivity contribution in [3.05, 3.63) is 35.4 Å². The lowest BCUT2D eigenvalue weighted by Gasteiger charge is -2.38. The number of nitrogens with zero attached hydrogens (tertiary/aromatic N) is 1. The molecule has 0 amide bonds. The van der Waals surface area contributed by atoms with Crippen LogP contribution in [0, 0.1) is 11.3 Å². The lowest BCUT2D eigenvalue weighted by molar-refractivity contribution is 0.00694. The molecule has 1 aliphatic heterocycles. The Bertz CT molecular complexity index is 606. The van der Waals surface area contributed by atoms with Crippen LogP contribution in [-0.4, -0.2) is 42.6 Å². The van der Waals surface area contributed by atoms with Crippen LogP contribution in [0.4, 0.5) is 0 Å². The average Bonchev–Trinajstić information content (AvgIpc) is 2.57. The Kier molecular flexibility index (Phi) is 7.47. The molecule has 0 aromatic heterocycles. The topological polar surface area (TPSA) is 41.6 Å². The van der Waals surface area contributed by atoms with E-state index in [0.29, 0.717) is 11.0 Å². The first-order chi connectivity index (χ1) is 12.5. The largest absolute Gasteiger partial charge is 0.456 e. The van der Waals surface area contributed by atoms with Gasteiger partial charge in [-0.15, -0.1) is 0 Å². The van der Waals surface area contributed by atoms with E-state index in [1.165, 1.54) is 25.9 Å². The maximum Gasteiger partial charge on any atom is 0.338 e. The Balaban J connectivity index is 1.72. The second-order valence-electron chi connectivity index (χ2n) is 9.86. The zero-order chi connectivity index (χ0) is 20.1. The highest BCUT2D eigenvalue weighted by molar-refractivity contribution is 5.89. The van der Waals surface area contributed by atoms with Crippen LogP contribution in [0.25, 0.3) is 0 Å². The standard InChI is InChI=1S/C23H38N2O2/c1-22(2,3)20-10-13-25(14-11-20)15-12-24-17-18-8-7-9-19(16-18)21(26)27-23(4,5)6/h7-9,16,20,24H,10-15,17H2,1-6H3. The first kappa shape index (κ1) is 21.9. The van der Waals surface area contributed by atoms with Crippen molar-refractivity contribution in [2.24, 2.45) is 11.3 Å². The van der Waals surface area contributed by atoms with Gasteiger partial charge in [0.15, 0.2) is 0 Å². The van der Waals surface area contributed by atoms with Gasteiger partial charge in [0.05, 0.1) is 5.56 Å². The molecule has 1 fully saturated rings. The predicted octanol–water partition coefficient (Wildman–Crippen LogP) is 4.49. The van der Waals surface area contributed by atoms with Crippen molar-refractivity contribution in [2.45, 2.75) is 66.5 Å². The zero-order valence-electron chi connectivity index (χ0n) is 18.1. The lowest BCUT2D eigenvalue weighted by Crippen LogP contribution is -2.40. The molecule has 0 spiro atoms. The number of ether oxygens (including phenoxy) is 1. The normalized spacial score (nSPS) is 17.1. The average molecular weight is 375 g/mol. The molecule has 1 heterocycles. The summed E-state index contributed by atoms with van der Waals surface area (Å²) in [6.07, 6.45) is 2.61. The summed E-state index contributed by atoms with van der Waals surface area (Å²) in [4.78, 5) is 14.8. The number of hydrogen-bond acceptors (Lipinski definition) is 4. The van der Waals surface area contributed by atoms with E-state index in [9.17, 15) is 4.79 Å². The van der Waals surface area contributed by atoms with Gasteiger partial charge in [-0.25, -0.2) is 4.79 Å². The first-order valence-electron chi connectivity index (χ1n) is 10.3. The van der Waals surface area contributed by atoms with E-state index in [0.717, 1.165) is 31.1 Å². The maximum absolute atomic E-state index is 12.2. The number of carbonyl (C=O) groups is 1. The third kappa shape index (κ3) is 7.63. The molecule has 0 saturated carbocycles. The van der Waals surface area contributed by atoms with Gasteiger partial charge in [0.2, 0.25) is 0 Å². The van der Waals surface area contributed by atoms with Crippen molar-refractivity contribution in [2.75, 3.05) is 26.2 Å². The summed E-state index contributed by atoms with van der Waals surface area (Å²) in [5, 5.41) is 3.51. The Morgan fingerprint density at radius 2 is 1.81 bits per heavy atom. The summed E-state index contributed by atoms with van der Waals surface area (Å²) >= 11 is 0. The van der Waals surface area contributed by atoms with E-state index >= 15 is 0 Å². The molecule has 1 aromatic rings. The van der Waals surface area contributed by atoms with Crippen LogP contribution in [0.1, 0.15) is 70.3 Å². The van der Waals surface area contributed by atoms with Crippen molar-refractivity contribution in [1.29, 1.82) is 0 Å². The summed E-state index contributed by atoms with van der Waals surface area (Å²) < 4.78 is 5.45. The summed E-state index contributed by atoms with van der Waals surface area (Å²) in [7, 11) is 0. The second-order valence-corrected chi connectivity index (χ2v) is 9.86. The minimum absolute atomic E-state index is 0.258. The molecule has 152 valence electrons. The Labute approximate surface area is 165 Å². The molecule has 1 saturated heterocycles. The third-order valence-electron chi connectivity index (χ3n) is 5.31. The Hall–Kier alpha value is -1.39. The van der Waals surface area contributed by atoms with Gasteiger partial charge in [-0.05, 0) is 75.7 Å². The van der Waals surface area contributed by atoms with E-state index in [1.807, 2.05) is 39.0 Å². The fourth-order valence-electron chi connectivity index (χ4n) is 3.64. The van der Waals surface area contributed by atoms with Gasteiger partial charge in [0, 0.05) is 19.6 Å². The monoisotopic (exact) mass is 374 g/mol. The number of hydrogen-bond donors (Lipinski definition) is 1. The molecule has 2 rings (SSSR count). The minimum atomic E-state index is -0.466. The van der Waals surface area contributed by atoms with Crippen LogP contribution in [0.15, 0.2) is 24.3 Å². The van der Waals surface area contributed by atoms with E-state index in [1.54, 1.807) is 0 Å². The summed E-state index contributed by atoms with van der Waals surface area (Å²) in [6.45, 7) is 18.0. The predicted molar refractivity (Wildman–Crippen MR) is 112 cm³/mol. The molecule has 0 aliphatic carbocycles. The summed E-state index contributed by atoms with van der Waals surface area (Å²) in [6, 6.07) is 7.72. The van der Waals surface area contributed by atoms with Crippen molar-refractivity contribution < 1.29 is 9.53 Å². The molecule has 0 unspecified atom stereocenters. The van der Waals surface area contributed by atoms with Crippen molar-refractivity contribution in [1.82, 2.24) is 10.2 Å². The molecule has 27 heavy (non-hydrogen) atoms. The highest BCUT2D eigenvalue weighted by Crippen LogP contribution is 2.34. The number of esters is 1. The smallest absolute Gasteiger partial charge is 0.338 e. The molecule has 1 N–H and O–H groups in total. The van der Waals surface area contributed by atoms with Crippen molar-refractivity contribution >= 4 is 5.97 Å². The maximum atomic E-state index is 12.2. The molecule has 0 atom stereocenters. The number of likely N-dealkylation sites (tertiary alicyclic amines) is 1. The molecule has 1 aromatic carbocycles. The highest BCUT2D eigenvalue weighted by atomic mass is 16.6. The zero-order valence-corrected chi connectivity index (χ0v) is 18.1. The van der Waals surface area contributed by atoms with E-state index in [-0.39, 0.29) is 5.97 Å². The fourth-order valence-corrected chi connectivity index (χ4v) is 3.64. The number of benzene rings is 1. The molecule has 0 bridgehead atoms. The summed E-state index contributed by atoms with van der Waals surface area (Å²) in [5.74, 6) is 0.586. The van der Waals surface area contributed by atoms with Crippen LogP contribution in [0.5, 0.6) is 0 Å². The van der Waals surface area contributed by atoms with E-state index in [4.69, 9.17) is 4.74 Å². The molecular weight excluding hydrogens is 336 g/mol. The van der Waals surface area contributed by atoms with Crippen LogP contribution < -0.4 is 5.32 Å². The van der Waals surface area contributed by atoms with Crippen LogP contribution in [0.3, 0.4) is 0 Å². The Morgan fingerprint density at radius 1 is 1.15 bits per heavy atom. The third-order valence-corrected chi connectivity index (χ3v) is 5.31. The lowest BCUT2D eigenvalue weighted by atomic mass is 9.75. The van der Waals surface area contributed by atoms with E-state index < -0.39 is 5.60 Å². The van der Waals surface area contributed by atoms with Gasteiger partial charge in [-0.1, -0.05) is 32.9 Å². The molecular formula is C23H38N2O2. The van der Waals surface area contributed by atoms with E-state index in [2.05, 4.69) is 37.1 Å². The SMILES string of the molecule is CC(C)(C)OC(=O)c1cccc(CNCCN2CCC(C(C)(C)C)CC2)c1. The van der Waals surface area contributed by atoms with Crippen molar-refractivity contribution in [3.63, 3.8) is 0 Å². The van der Waals surface area contributed by atoms with Gasteiger partial charge in [0.1, 0.15) is 5.60 Å². The van der Waals surface area contributed by atoms with Gasteiger partial charge in [-0.2, -0.15) is 0 Å². The number of carbonyl (C=O) groups excluding carboxylic acids is 1. The fraction of sp³-hybridized carbons (Fsp3) is 0.696. The van der Waals surface area contributed by atoms with Gasteiger partial charge >= 0.3 is 5.97 Å². The van der Waals surface area contributed by atoms with Gasteiger partial charge in [0.25, 0.3) is 0 Å². The molecule has 0 radical (unpaired) electrons. The number of nitrogens with one attached hydrogen (secondary N) is 1. The summed E-state index contributed by atoms with van der Waals surface area (Å²) in [5.41, 5.74) is 1.70. The van der Waals surface area contributed by atoms with Crippen LogP contribution in [-0.2, 0) is 11.3 Å². The quantitative estimate of drug-likeness (QED) is 0.588. The number of piperidine rings is 1. The molecule has 1 aliphatic rings. The van der Waals surface area contributed by atoms with Crippen LogP contribution in [0.2, 0.25) is 0 Å². The Morgan fingerprint density at radius 3 is 2.41 bits per heavy atom. The first-order valence-corrected chi connectivity index (χ1v) is 10.3. The number of rotatable bonds is 6.